The Balaban J connectivity index is 1.57. The van der Waals surface area contributed by atoms with Crippen LogP contribution in [-0.4, -0.2) is 22.6 Å². The van der Waals surface area contributed by atoms with Crippen LogP contribution in [0.1, 0.15) is 63.1 Å². The van der Waals surface area contributed by atoms with Crippen molar-refractivity contribution in [3.8, 4) is 0 Å². The zero-order valence-corrected chi connectivity index (χ0v) is 11.9. The van der Waals surface area contributed by atoms with Gasteiger partial charge in [0.25, 0.3) is 0 Å². The molecule has 2 aliphatic heterocycles. The Hall–Kier alpha value is -0.990. The zero-order valence-electron chi connectivity index (χ0n) is 11.9. The molecule has 3 heteroatoms. The van der Waals surface area contributed by atoms with Gasteiger partial charge in [0.2, 0.25) is 0 Å². The van der Waals surface area contributed by atoms with Gasteiger partial charge in [-0.05, 0) is 38.0 Å². The van der Waals surface area contributed by atoms with Crippen LogP contribution < -0.4 is 4.90 Å². The number of fused-ring (bicyclic) bond motifs is 1. The molecule has 1 saturated carbocycles. The van der Waals surface area contributed by atoms with E-state index < -0.39 is 0 Å². The van der Waals surface area contributed by atoms with E-state index >= 15 is 0 Å². The van der Waals surface area contributed by atoms with Crippen LogP contribution in [0.15, 0.2) is 6.20 Å². The van der Waals surface area contributed by atoms with Gasteiger partial charge in [-0.3, -0.25) is 0 Å². The largest absolute Gasteiger partial charge is 0.357 e. The summed E-state index contributed by atoms with van der Waals surface area (Å²) in [5.41, 5.74) is 0. The highest BCUT2D eigenvalue weighted by atomic mass is 15.3. The Morgan fingerprint density at radius 1 is 0.895 bits per heavy atom. The molecule has 0 bridgehead atoms. The highest BCUT2D eigenvalue weighted by Gasteiger charge is 2.34. The summed E-state index contributed by atoms with van der Waals surface area (Å²) in [7, 11) is 0. The second-order valence-electron chi connectivity index (χ2n) is 6.61. The summed E-state index contributed by atoms with van der Waals surface area (Å²) >= 11 is 0. The molecule has 1 aromatic heterocycles. The minimum Gasteiger partial charge on any atom is -0.357 e. The molecule has 3 nitrogen and oxygen atoms in total. The summed E-state index contributed by atoms with van der Waals surface area (Å²) in [5, 5.41) is 0. The highest BCUT2D eigenvalue weighted by molar-refractivity contribution is 5.42. The van der Waals surface area contributed by atoms with Crippen LogP contribution in [0.4, 0.5) is 5.82 Å². The van der Waals surface area contributed by atoms with Crippen molar-refractivity contribution in [3.05, 3.63) is 12.0 Å². The smallest absolute Gasteiger partial charge is 0.128 e. The monoisotopic (exact) mass is 259 g/mol. The number of anilines is 1. The first kappa shape index (κ1) is 11.8. The summed E-state index contributed by atoms with van der Waals surface area (Å²) in [5.74, 6) is 4.50. The maximum atomic E-state index is 4.82. The molecule has 0 aromatic carbocycles. The van der Waals surface area contributed by atoms with E-state index in [1.165, 1.54) is 82.6 Å². The molecule has 1 aromatic rings. The molecule has 0 spiro atoms. The molecule has 1 atom stereocenters. The number of hydrogen-bond acceptors (Lipinski definition) is 2. The lowest BCUT2D eigenvalue weighted by Crippen LogP contribution is -2.20. The minimum absolute atomic E-state index is 0.761. The first-order valence-electron chi connectivity index (χ1n) is 8.24. The van der Waals surface area contributed by atoms with E-state index in [1.807, 2.05) is 0 Å². The number of hydrogen-bond donors (Lipinski definition) is 0. The van der Waals surface area contributed by atoms with Crippen molar-refractivity contribution in [2.24, 2.45) is 5.92 Å². The van der Waals surface area contributed by atoms with Crippen LogP contribution in [0.25, 0.3) is 0 Å². The fourth-order valence-corrected chi connectivity index (χ4v) is 4.48. The van der Waals surface area contributed by atoms with Gasteiger partial charge >= 0.3 is 0 Å². The van der Waals surface area contributed by atoms with E-state index in [-0.39, 0.29) is 0 Å². The molecule has 0 amide bonds. The minimum atomic E-state index is 0.761. The summed E-state index contributed by atoms with van der Waals surface area (Å²) in [4.78, 5) is 7.36. The molecule has 3 heterocycles. The molecule has 0 radical (unpaired) electrons. The van der Waals surface area contributed by atoms with Gasteiger partial charge in [-0.15, -0.1) is 0 Å². The third-order valence-corrected chi connectivity index (χ3v) is 5.51. The van der Waals surface area contributed by atoms with Crippen LogP contribution in [0.2, 0.25) is 0 Å². The number of aromatic nitrogens is 2. The second kappa shape index (κ2) is 4.84. The number of rotatable bonds is 2. The lowest BCUT2D eigenvalue weighted by molar-refractivity contribution is 0.300. The van der Waals surface area contributed by atoms with Gasteiger partial charge in [0.1, 0.15) is 11.6 Å². The average molecular weight is 259 g/mol. The number of nitrogens with zero attached hydrogens (tertiary/aromatic N) is 3. The Morgan fingerprint density at radius 3 is 2.47 bits per heavy atom. The molecule has 1 aliphatic carbocycles. The summed E-state index contributed by atoms with van der Waals surface area (Å²) in [6.45, 7) is 3.68. The van der Waals surface area contributed by atoms with Crippen molar-refractivity contribution in [2.75, 3.05) is 18.0 Å². The van der Waals surface area contributed by atoms with E-state index in [0.717, 1.165) is 11.8 Å². The lowest BCUT2D eigenvalue weighted by Gasteiger charge is -2.26. The summed E-state index contributed by atoms with van der Waals surface area (Å²) < 4.78 is 2.53. The van der Waals surface area contributed by atoms with Gasteiger partial charge in [0.15, 0.2) is 0 Å². The molecular formula is C16H25N3. The van der Waals surface area contributed by atoms with Gasteiger partial charge in [0, 0.05) is 25.6 Å². The summed E-state index contributed by atoms with van der Waals surface area (Å²) in [6.07, 6.45) is 13.4. The SMILES string of the molecule is c1nc2n(c1N1CCCC1)CC[C@H]2C1CCCCC1. The zero-order chi connectivity index (χ0) is 12.7. The average Bonchev–Trinajstić information content (AvgIpc) is 3.16. The highest BCUT2D eigenvalue weighted by Crippen LogP contribution is 2.42. The van der Waals surface area contributed by atoms with E-state index in [0.29, 0.717) is 0 Å². The van der Waals surface area contributed by atoms with Crippen molar-refractivity contribution in [1.82, 2.24) is 9.55 Å². The van der Waals surface area contributed by atoms with Crippen molar-refractivity contribution < 1.29 is 0 Å². The third-order valence-electron chi connectivity index (χ3n) is 5.51. The topological polar surface area (TPSA) is 21.1 Å². The number of imidazole rings is 1. The van der Waals surface area contributed by atoms with Gasteiger partial charge in [-0.25, -0.2) is 4.98 Å². The van der Waals surface area contributed by atoms with Crippen molar-refractivity contribution in [2.45, 2.75) is 63.8 Å². The molecule has 3 aliphatic rings. The Labute approximate surface area is 116 Å². The van der Waals surface area contributed by atoms with Crippen LogP contribution in [0.3, 0.4) is 0 Å². The fraction of sp³-hybridized carbons (Fsp3) is 0.812. The Bertz CT molecular complexity index is 439. The molecule has 0 N–H and O–H groups in total. The van der Waals surface area contributed by atoms with Gasteiger partial charge in [-0.1, -0.05) is 19.3 Å². The first-order valence-corrected chi connectivity index (χ1v) is 8.24. The van der Waals surface area contributed by atoms with E-state index in [2.05, 4.69) is 15.7 Å². The third kappa shape index (κ3) is 1.98. The maximum absolute atomic E-state index is 4.82. The predicted octanol–water partition coefficient (Wildman–Crippen LogP) is 3.55. The maximum Gasteiger partial charge on any atom is 0.128 e. The van der Waals surface area contributed by atoms with Crippen molar-refractivity contribution in [1.29, 1.82) is 0 Å². The molecule has 19 heavy (non-hydrogen) atoms. The van der Waals surface area contributed by atoms with Crippen LogP contribution in [0, 0.1) is 5.92 Å². The quantitative estimate of drug-likeness (QED) is 0.810. The van der Waals surface area contributed by atoms with Gasteiger partial charge < -0.3 is 9.47 Å². The first-order chi connectivity index (χ1) is 9.43. The lowest BCUT2D eigenvalue weighted by atomic mass is 9.79. The molecule has 104 valence electrons. The standard InChI is InChI=1S/C16H25N3/c1-2-6-13(7-3-1)14-8-11-19-15(12-17-16(14)19)18-9-4-5-10-18/h12-14H,1-11H2/t14-/m0/s1. The van der Waals surface area contributed by atoms with E-state index in [1.54, 1.807) is 0 Å². The Kier molecular flexibility index (Phi) is 3.01. The van der Waals surface area contributed by atoms with Gasteiger partial charge in [0.05, 0.1) is 6.20 Å². The second-order valence-corrected chi connectivity index (χ2v) is 6.61. The van der Waals surface area contributed by atoms with Crippen molar-refractivity contribution >= 4 is 5.82 Å². The van der Waals surface area contributed by atoms with Gasteiger partial charge in [-0.2, -0.15) is 0 Å². The molecule has 2 fully saturated rings. The molecule has 1 saturated heterocycles. The van der Waals surface area contributed by atoms with Crippen LogP contribution >= 0.6 is 0 Å². The van der Waals surface area contributed by atoms with E-state index in [4.69, 9.17) is 4.98 Å². The molecular weight excluding hydrogens is 234 g/mol. The summed E-state index contributed by atoms with van der Waals surface area (Å²) in [6, 6.07) is 0. The molecule has 0 unspecified atom stereocenters. The molecule has 4 rings (SSSR count). The predicted molar refractivity (Wildman–Crippen MR) is 77.6 cm³/mol. The normalized spacial score (nSPS) is 28.0. The Morgan fingerprint density at radius 2 is 1.68 bits per heavy atom. The van der Waals surface area contributed by atoms with Crippen molar-refractivity contribution in [3.63, 3.8) is 0 Å². The fourth-order valence-electron chi connectivity index (χ4n) is 4.48. The van der Waals surface area contributed by atoms with E-state index in [9.17, 15) is 0 Å². The van der Waals surface area contributed by atoms with Crippen LogP contribution in [0.5, 0.6) is 0 Å². The van der Waals surface area contributed by atoms with Crippen LogP contribution in [-0.2, 0) is 6.54 Å².